The predicted molar refractivity (Wildman–Crippen MR) is 132 cm³/mol. The Kier molecular flexibility index (Phi) is 6.59. The summed E-state index contributed by atoms with van der Waals surface area (Å²) in [5, 5.41) is 2.94. The van der Waals surface area contributed by atoms with Crippen LogP contribution >= 0.6 is 0 Å². The minimum absolute atomic E-state index is 0.189. The van der Waals surface area contributed by atoms with Gasteiger partial charge in [-0.25, -0.2) is 0 Å². The van der Waals surface area contributed by atoms with E-state index in [0.717, 1.165) is 17.6 Å². The van der Waals surface area contributed by atoms with Gasteiger partial charge < -0.3 is 19.4 Å². The molecule has 3 aromatic rings. The molecule has 6 heteroatoms. The van der Waals surface area contributed by atoms with Gasteiger partial charge in [0.1, 0.15) is 5.75 Å². The van der Waals surface area contributed by atoms with E-state index in [0.29, 0.717) is 17.9 Å². The molecule has 0 aromatic heterocycles. The average molecular weight is 443 g/mol. The molecule has 33 heavy (non-hydrogen) atoms. The van der Waals surface area contributed by atoms with Gasteiger partial charge in [-0.05, 0) is 75.1 Å². The summed E-state index contributed by atoms with van der Waals surface area (Å²) in [6.45, 7) is 8.65. The standard InChI is InChI=1S/C27H30BNO4/c1-26(2)27(3,4)33-28(32-26)22-12-8-11-21(19-22)25(30)29-23-13-15-24(16-14-23)31-18-17-20-9-6-5-7-10-20/h5-16,19H,17-18H2,1-4H3,(H,29,30). The largest absolute Gasteiger partial charge is 0.494 e. The van der Waals surface area contributed by atoms with Gasteiger partial charge in [-0.1, -0.05) is 42.5 Å². The van der Waals surface area contributed by atoms with Crippen molar-refractivity contribution in [3.8, 4) is 5.75 Å². The second-order valence-electron chi connectivity index (χ2n) is 9.28. The molecule has 3 aromatic carbocycles. The monoisotopic (exact) mass is 443 g/mol. The zero-order valence-electron chi connectivity index (χ0n) is 19.6. The lowest BCUT2D eigenvalue weighted by atomic mass is 9.78. The van der Waals surface area contributed by atoms with Crippen molar-refractivity contribution in [2.45, 2.75) is 45.3 Å². The third-order valence-corrected chi connectivity index (χ3v) is 6.29. The topological polar surface area (TPSA) is 56.8 Å². The van der Waals surface area contributed by atoms with Crippen molar-refractivity contribution >= 4 is 24.2 Å². The summed E-state index contributed by atoms with van der Waals surface area (Å²) in [4.78, 5) is 12.8. The van der Waals surface area contributed by atoms with Gasteiger partial charge in [0.25, 0.3) is 5.91 Å². The van der Waals surface area contributed by atoms with Crippen LogP contribution in [0.5, 0.6) is 5.75 Å². The quantitative estimate of drug-likeness (QED) is 0.530. The van der Waals surface area contributed by atoms with E-state index in [4.69, 9.17) is 14.0 Å². The van der Waals surface area contributed by atoms with Gasteiger partial charge in [-0.3, -0.25) is 4.79 Å². The molecule has 0 atom stereocenters. The lowest BCUT2D eigenvalue weighted by Gasteiger charge is -2.32. The summed E-state index contributed by atoms with van der Waals surface area (Å²) in [6, 6.07) is 25.0. The Hall–Kier alpha value is -3.09. The Morgan fingerprint density at radius 3 is 2.21 bits per heavy atom. The van der Waals surface area contributed by atoms with Crippen LogP contribution in [0.2, 0.25) is 0 Å². The van der Waals surface area contributed by atoms with E-state index < -0.39 is 18.3 Å². The average Bonchev–Trinajstić information content (AvgIpc) is 3.03. The highest BCUT2D eigenvalue weighted by Crippen LogP contribution is 2.36. The Bertz CT molecular complexity index is 1080. The summed E-state index contributed by atoms with van der Waals surface area (Å²) in [5.74, 6) is 0.581. The van der Waals surface area contributed by atoms with Crippen molar-refractivity contribution in [2.75, 3.05) is 11.9 Å². The van der Waals surface area contributed by atoms with E-state index in [-0.39, 0.29) is 5.91 Å². The SMILES string of the molecule is CC1(C)OB(c2cccc(C(=O)Nc3ccc(OCCc4ccccc4)cc3)c2)OC1(C)C. The fourth-order valence-corrected chi connectivity index (χ4v) is 3.57. The first-order chi connectivity index (χ1) is 15.7. The molecule has 0 radical (unpaired) electrons. The minimum Gasteiger partial charge on any atom is -0.493 e. The Labute approximate surface area is 196 Å². The highest BCUT2D eigenvalue weighted by molar-refractivity contribution is 6.62. The number of ether oxygens (including phenoxy) is 1. The van der Waals surface area contributed by atoms with Crippen LogP contribution in [0.25, 0.3) is 0 Å². The maximum Gasteiger partial charge on any atom is 0.494 e. The molecule has 1 saturated heterocycles. The number of rotatable bonds is 7. The van der Waals surface area contributed by atoms with Crippen LogP contribution in [0.15, 0.2) is 78.9 Å². The third kappa shape index (κ3) is 5.46. The molecule has 0 unspecified atom stereocenters. The molecule has 1 N–H and O–H groups in total. The van der Waals surface area contributed by atoms with Crippen LogP contribution in [0.3, 0.4) is 0 Å². The normalized spacial score (nSPS) is 16.4. The smallest absolute Gasteiger partial charge is 0.493 e. The number of amides is 1. The number of carbonyl (C=O) groups is 1. The van der Waals surface area contributed by atoms with Crippen LogP contribution in [0.4, 0.5) is 5.69 Å². The molecule has 0 bridgehead atoms. The molecule has 1 aliphatic heterocycles. The van der Waals surface area contributed by atoms with Crippen LogP contribution in [-0.4, -0.2) is 30.8 Å². The Morgan fingerprint density at radius 1 is 0.879 bits per heavy atom. The highest BCUT2D eigenvalue weighted by Gasteiger charge is 2.51. The van der Waals surface area contributed by atoms with Gasteiger partial charge in [0.05, 0.1) is 17.8 Å². The lowest BCUT2D eigenvalue weighted by molar-refractivity contribution is 0.00578. The van der Waals surface area contributed by atoms with Crippen LogP contribution in [-0.2, 0) is 15.7 Å². The molecular weight excluding hydrogens is 413 g/mol. The summed E-state index contributed by atoms with van der Waals surface area (Å²) in [7, 11) is -0.505. The molecule has 1 amide bonds. The molecule has 0 saturated carbocycles. The number of nitrogens with one attached hydrogen (secondary N) is 1. The third-order valence-electron chi connectivity index (χ3n) is 6.29. The number of carbonyl (C=O) groups excluding carboxylic acids is 1. The van der Waals surface area contributed by atoms with Crippen LogP contribution in [0, 0.1) is 0 Å². The van der Waals surface area contributed by atoms with Gasteiger partial charge in [-0.2, -0.15) is 0 Å². The van der Waals surface area contributed by atoms with Gasteiger partial charge >= 0.3 is 7.12 Å². The lowest BCUT2D eigenvalue weighted by Crippen LogP contribution is -2.41. The van der Waals surface area contributed by atoms with E-state index in [1.165, 1.54) is 5.56 Å². The van der Waals surface area contributed by atoms with E-state index in [2.05, 4.69) is 17.4 Å². The summed E-state index contributed by atoms with van der Waals surface area (Å²) >= 11 is 0. The molecule has 4 rings (SSSR count). The molecular formula is C27H30BNO4. The number of anilines is 1. The number of hydrogen-bond donors (Lipinski definition) is 1. The fraction of sp³-hybridized carbons (Fsp3) is 0.296. The Morgan fingerprint density at radius 2 is 1.55 bits per heavy atom. The molecule has 1 heterocycles. The number of hydrogen-bond acceptors (Lipinski definition) is 4. The maximum atomic E-state index is 12.8. The first kappa shape index (κ1) is 23.1. The molecule has 1 aliphatic rings. The predicted octanol–water partition coefficient (Wildman–Crippen LogP) is 4.86. The first-order valence-corrected chi connectivity index (χ1v) is 11.3. The van der Waals surface area contributed by atoms with Crippen LogP contribution < -0.4 is 15.5 Å². The first-order valence-electron chi connectivity index (χ1n) is 11.3. The summed E-state index contributed by atoms with van der Waals surface area (Å²) in [5.41, 5.74) is 2.45. The molecule has 1 fully saturated rings. The zero-order chi connectivity index (χ0) is 23.5. The fourth-order valence-electron chi connectivity index (χ4n) is 3.57. The zero-order valence-corrected chi connectivity index (χ0v) is 19.6. The van der Waals surface area contributed by atoms with Gasteiger partial charge in [-0.15, -0.1) is 0 Å². The molecule has 170 valence electrons. The molecule has 5 nitrogen and oxygen atoms in total. The van der Waals surface area contributed by atoms with Crippen LogP contribution in [0.1, 0.15) is 43.6 Å². The van der Waals surface area contributed by atoms with E-state index >= 15 is 0 Å². The highest BCUT2D eigenvalue weighted by atomic mass is 16.7. The number of benzene rings is 3. The van der Waals surface area contributed by atoms with Gasteiger partial charge in [0.15, 0.2) is 0 Å². The van der Waals surface area contributed by atoms with Crippen molar-refractivity contribution in [1.29, 1.82) is 0 Å². The van der Waals surface area contributed by atoms with Crippen molar-refractivity contribution in [3.63, 3.8) is 0 Å². The van der Waals surface area contributed by atoms with Gasteiger partial charge in [0, 0.05) is 17.7 Å². The van der Waals surface area contributed by atoms with Crippen molar-refractivity contribution < 1.29 is 18.8 Å². The Balaban J connectivity index is 1.34. The second kappa shape index (κ2) is 9.42. The van der Waals surface area contributed by atoms with Crippen molar-refractivity contribution in [1.82, 2.24) is 0 Å². The second-order valence-corrected chi connectivity index (χ2v) is 9.28. The molecule has 0 spiro atoms. The minimum atomic E-state index is -0.505. The summed E-state index contributed by atoms with van der Waals surface area (Å²) < 4.78 is 18.0. The van der Waals surface area contributed by atoms with Gasteiger partial charge in [0.2, 0.25) is 0 Å². The van der Waals surface area contributed by atoms with Crippen molar-refractivity contribution in [2.24, 2.45) is 0 Å². The maximum absolute atomic E-state index is 12.8. The molecule has 0 aliphatic carbocycles. The van der Waals surface area contributed by atoms with E-state index in [9.17, 15) is 4.79 Å². The summed E-state index contributed by atoms with van der Waals surface area (Å²) in [6.07, 6.45) is 0.846. The van der Waals surface area contributed by atoms with E-state index in [1.807, 2.05) is 88.4 Å². The van der Waals surface area contributed by atoms with Crippen molar-refractivity contribution in [3.05, 3.63) is 90.0 Å². The van der Waals surface area contributed by atoms with E-state index in [1.54, 1.807) is 6.07 Å².